The van der Waals surface area contributed by atoms with Crippen molar-refractivity contribution >= 4 is 29.1 Å². The number of nitrogens with zero attached hydrogens (tertiary/aromatic N) is 1. The van der Waals surface area contributed by atoms with Gasteiger partial charge >= 0.3 is 0 Å². The summed E-state index contributed by atoms with van der Waals surface area (Å²) in [5.74, 6) is -0.181. The van der Waals surface area contributed by atoms with Crippen LogP contribution in [-0.2, 0) is 4.79 Å². The van der Waals surface area contributed by atoms with Crippen molar-refractivity contribution in [2.45, 2.75) is 20.0 Å². The summed E-state index contributed by atoms with van der Waals surface area (Å²) in [6.45, 7) is 3.67. The zero-order valence-corrected chi connectivity index (χ0v) is 17.9. The fraction of sp³-hybridized carbons (Fsp3) is 0.167. The average molecular weight is 436 g/mol. The third-order valence-electron chi connectivity index (χ3n) is 5.07. The highest BCUT2D eigenvalue weighted by Gasteiger charge is 2.34. The lowest BCUT2D eigenvalue weighted by Gasteiger charge is -2.37. The lowest BCUT2D eigenvalue weighted by molar-refractivity contribution is -0.127. The average Bonchev–Trinajstić information content (AvgIpc) is 2.76. The molecule has 31 heavy (non-hydrogen) atoms. The van der Waals surface area contributed by atoms with E-state index in [0.29, 0.717) is 22.0 Å². The van der Waals surface area contributed by atoms with Gasteiger partial charge in [0.1, 0.15) is 11.9 Å². The first-order valence-corrected chi connectivity index (χ1v) is 10.2. The van der Waals surface area contributed by atoms with Crippen LogP contribution < -0.4 is 15.5 Å². The van der Waals surface area contributed by atoms with Crippen LogP contribution in [0.15, 0.2) is 66.7 Å². The fourth-order valence-electron chi connectivity index (χ4n) is 3.40. The second kappa shape index (κ2) is 8.70. The van der Waals surface area contributed by atoms with Gasteiger partial charge in [0.2, 0.25) is 0 Å². The molecule has 4 rings (SSSR count). The molecule has 0 aromatic heterocycles. The maximum absolute atomic E-state index is 13.3. The lowest BCUT2D eigenvalue weighted by Crippen LogP contribution is -2.53. The molecular weight excluding hydrogens is 414 g/mol. The van der Waals surface area contributed by atoms with Crippen molar-refractivity contribution in [3.63, 3.8) is 0 Å². The molecule has 0 saturated carbocycles. The maximum Gasteiger partial charge on any atom is 0.276 e. The van der Waals surface area contributed by atoms with Crippen molar-refractivity contribution in [3.05, 3.63) is 94.0 Å². The lowest BCUT2D eigenvalue weighted by atomic mass is 10.0. The number of ether oxygens (including phenoxy) is 1. The Kier molecular flexibility index (Phi) is 5.82. The molecule has 0 radical (unpaired) electrons. The number of amides is 2. The number of hydrogen-bond donors (Lipinski definition) is 2. The third kappa shape index (κ3) is 4.49. The topological polar surface area (TPSA) is 70.7 Å². The maximum atomic E-state index is 13.3. The van der Waals surface area contributed by atoms with E-state index >= 15 is 0 Å². The number of carbonyl (C=O) groups excluding carboxylic acids is 2. The molecule has 158 valence electrons. The molecule has 0 saturated heterocycles. The molecule has 1 atom stereocenters. The van der Waals surface area contributed by atoms with Crippen molar-refractivity contribution in [2.24, 2.45) is 0 Å². The molecule has 3 aromatic rings. The number of rotatable bonds is 5. The Morgan fingerprint density at radius 1 is 1.10 bits per heavy atom. The number of anilines is 1. The van der Waals surface area contributed by atoms with Gasteiger partial charge in [-0.3, -0.25) is 15.0 Å². The number of nitrogens with one attached hydrogen (secondary N) is 2. The first-order chi connectivity index (χ1) is 14.9. The van der Waals surface area contributed by atoms with Gasteiger partial charge in [-0.2, -0.15) is 0 Å². The van der Waals surface area contributed by atoms with E-state index in [1.807, 2.05) is 56.3 Å². The number of halogens is 1. The molecule has 3 aromatic carbocycles. The van der Waals surface area contributed by atoms with Crippen LogP contribution in [-0.4, -0.2) is 23.4 Å². The second-order valence-corrected chi connectivity index (χ2v) is 7.85. The van der Waals surface area contributed by atoms with Crippen molar-refractivity contribution < 1.29 is 14.3 Å². The number of aryl methyl sites for hydroxylation is 2. The standard InChI is InChI=1S/C24H22ClN3O3/c1-15-7-9-17(10-8-15)23-26-20-12-11-18(25)13-19(20)24(30)28(23)27-22(29)14-31-21-6-4-3-5-16(21)2/h3-13,23,26H,14H2,1-2H3,(H,27,29). The van der Waals surface area contributed by atoms with Crippen LogP contribution in [0.2, 0.25) is 5.02 Å². The number of benzene rings is 3. The first-order valence-electron chi connectivity index (χ1n) is 9.86. The van der Waals surface area contributed by atoms with Crippen LogP contribution >= 0.6 is 11.6 Å². The smallest absolute Gasteiger partial charge is 0.276 e. The van der Waals surface area contributed by atoms with Crippen molar-refractivity contribution in [1.29, 1.82) is 0 Å². The van der Waals surface area contributed by atoms with E-state index in [9.17, 15) is 9.59 Å². The molecule has 2 amide bonds. The molecule has 1 unspecified atom stereocenters. The van der Waals surface area contributed by atoms with Crippen LogP contribution in [0, 0.1) is 13.8 Å². The van der Waals surface area contributed by atoms with Gasteiger partial charge in [-0.05, 0) is 49.2 Å². The molecule has 0 spiro atoms. The summed E-state index contributed by atoms with van der Waals surface area (Å²) in [4.78, 5) is 25.9. The number of carbonyl (C=O) groups is 2. The molecular formula is C24H22ClN3O3. The van der Waals surface area contributed by atoms with Crippen molar-refractivity contribution in [3.8, 4) is 5.75 Å². The number of hydrogen-bond acceptors (Lipinski definition) is 4. The highest BCUT2D eigenvalue weighted by atomic mass is 35.5. The summed E-state index contributed by atoms with van der Waals surface area (Å²) in [5, 5.41) is 5.05. The zero-order valence-electron chi connectivity index (χ0n) is 17.2. The Hall–Kier alpha value is -3.51. The van der Waals surface area contributed by atoms with E-state index in [1.54, 1.807) is 24.3 Å². The predicted molar refractivity (Wildman–Crippen MR) is 120 cm³/mol. The Bertz CT molecular complexity index is 1130. The van der Waals surface area contributed by atoms with Gasteiger partial charge in [0.15, 0.2) is 6.61 Å². The van der Waals surface area contributed by atoms with E-state index in [1.165, 1.54) is 5.01 Å². The van der Waals surface area contributed by atoms with Crippen LogP contribution in [0.5, 0.6) is 5.75 Å². The molecule has 0 aliphatic carbocycles. The minimum atomic E-state index is -0.579. The summed E-state index contributed by atoms with van der Waals surface area (Å²) in [6.07, 6.45) is -0.579. The molecule has 0 fully saturated rings. The Morgan fingerprint density at radius 2 is 1.84 bits per heavy atom. The fourth-order valence-corrected chi connectivity index (χ4v) is 3.58. The van der Waals surface area contributed by atoms with Crippen molar-refractivity contribution in [2.75, 3.05) is 11.9 Å². The molecule has 1 aliphatic rings. The third-order valence-corrected chi connectivity index (χ3v) is 5.31. The normalized spacial score (nSPS) is 15.1. The zero-order chi connectivity index (χ0) is 22.0. The molecule has 1 aliphatic heterocycles. The minimum Gasteiger partial charge on any atom is -0.483 e. The quantitative estimate of drug-likeness (QED) is 0.612. The van der Waals surface area contributed by atoms with E-state index < -0.39 is 12.1 Å². The highest BCUT2D eigenvalue weighted by Crippen LogP contribution is 2.33. The van der Waals surface area contributed by atoms with E-state index in [2.05, 4.69) is 10.7 Å². The van der Waals surface area contributed by atoms with E-state index in [4.69, 9.17) is 16.3 Å². The molecule has 0 bridgehead atoms. The largest absolute Gasteiger partial charge is 0.483 e. The van der Waals surface area contributed by atoms with Gasteiger partial charge < -0.3 is 10.1 Å². The SMILES string of the molecule is Cc1ccc(C2Nc3ccc(Cl)cc3C(=O)N2NC(=O)COc2ccccc2C)cc1. The van der Waals surface area contributed by atoms with Gasteiger partial charge in [-0.1, -0.05) is 59.6 Å². The van der Waals surface area contributed by atoms with E-state index in [0.717, 1.165) is 16.7 Å². The predicted octanol–water partition coefficient (Wildman–Crippen LogP) is 4.63. The summed E-state index contributed by atoms with van der Waals surface area (Å²) in [6, 6.07) is 20.3. The Balaban J connectivity index is 1.58. The monoisotopic (exact) mass is 435 g/mol. The van der Waals surface area contributed by atoms with Gasteiger partial charge in [0.25, 0.3) is 11.8 Å². The first kappa shape index (κ1) is 20.8. The number of para-hydroxylation sites is 1. The summed E-state index contributed by atoms with van der Waals surface area (Å²) >= 11 is 6.09. The summed E-state index contributed by atoms with van der Waals surface area (Å²) in [7, 11) is 0. The van der Waals surface area contributed by atoms with Gasteiger partial charge in [-0.15, -0.1) is 0 Å². The van der Waals surface area contributed by atoms with Crippen LogP contribution in [0.25, 0.3) is 0 Å². The molecule has 7 heteroatoms. The second-order valence-electron chi connectivity index (χ2n) is 7.41. The number of fused-ring (bicyclic) bond motifs is 1. The van der Waals surface area contributed by atoms with Gasteiger partial charge in [0.05, 0.1) is 5.56 Å². The molecule has 2 N–H and O–H groups in total. The Labute approximate surface area is 185 Å². The van der Waals surface area contributed by atoms with Crippen LogP contribution in [0.3, 0.4) is 0 Å². The minimum absolute atomic E-state index is 0.225. The molecule has 1 heterocycles. The highest BCUT2D eigenvalue weighted by molar-refractivity contribution is 6.31. The van der Waals surface area contributed by atoms with Gasteiger partial charge in [-0.25, -0.2) is 5.01 Å². The van der Waals surface area contributed by atoms with Crippen LogP contribution in [0.4, 0.5) is 5.69 Å². The summed E-state index contributed by atoms with van der Waals surface area (Å²) in [5.41, 5.74) is 6.59. The van der Waals surface area contributed by atoms with E-state index in [-0.39, 0.29) is 12.5 Å². The molecule has 6 nitrogen and oxygen atoms in total. The van der Waals surface area contributed by atoms with Gasteiger partial charge in [0, 0.05) is 10.7 Å². The van der Waals surface area contributed by atoms with Crippen molar-refractivity contribution in [1.82, 2.24) is 10.4 Å². The summed E-state index contributed by atoms with van der Waals surface area (Å²) < 4.78 is 5.63. The Morgan fingerprint density at radius 3 is 2.58 bits per heavy atom. The van der Waals surface area contributed by atoms with Crippen LogP contribution in [0.1, 0.15) is 33.2 Å². The number of hydrazine groups is 1.